The second-order valence-corrected chi connectivity index (χ2v) is 5.88. The van der Waals surface area contributed by atoms with Crippen LogP contribution in [0.3, 0.4) is 0 Å². The maximum Gasteiger partial charge on any atom is 0.116 e. The molecule has 0 bridgehead atoms. The summed E-state index contributed by atoms with van der Waals surface area (Å²) in [5, 5.41) is 11.7. The van der Waals surface area contributed by atoms with Gasteiger partial charge < -0.3 is 5.11 Å². The van der Waals surface area contributed by atoms with E-state index in [0.29, 0.717) is 11.7 Å². The van der Waals surface area contributed by atoms with E-state index in [2.05, 4.69) is 45.9 Å². The molecule has 0 aromatic heterocycles. The molecule has 0 saturated carbocycles. The van der Waals surface area contributed by atoms with Crippen molar-refractivity contribution < 1.29 is 5.11 Å². The lowest BCUT2D eigenvalue weighted by Gasteiger charge is -2.27. The molecular formula is C16H20O. The molecule has 0 spiro atoms. The van der Waals surface area contributed by atoms with Gasteiger partial charge in [0.25, 0.3) is 0 Å². The first-order valence-corrected chi connectivity index (χ1v) is 6.10. The zero-order chi connectivity index (χ0) is 12.6. The standard InChI is InChI=1S/C16H20O/c1-11(16(2,3)4)12-5-6-14-10-15(17)8-7-13(14)9-12/h5-11,17H,1-4H3. The lowest BCUT2D eigenvalue weighted by Crippen LogP contribution is -2.15. The Morgan fingerprint density at radius 3 is 2.18 bits per heavy atom. The highest BCUT2D eigenvalue weighted by Gasteiger charge is 2.21. The minimum absolute atomic E-state index is 0.268. The van der Waals surface area contributed by atoms with E-state index >= 15 is 0 Å². The first kappa shape index (κ1) is 12.0. The maximum absolute atomic E-state index is 9.44. The summed E-state index contributed by atoms with van der Waals surface area (Å²) >= 11 is 0. The fraction of sp³-hybridized carbons (Fsp3) is 0.375. The van der Waals surface area contributed by atoms with E-state index in [4.69, 9.17) is 0 Å². The van der Waals surface area contributed by atoms with E-state index in [1.54, 1.807) is 12.1 Å². The zero-order valence-corrected chi connectivity index (χ0v) is 11.0. The molecule has 90 valence electrons. The molecule has 0 radical (unpaired) electrons. The molecule has 1 N–H and O–H groups in total. The highest BCUT2D eigenvalue weighted by atomic mass is 16.3. The molecule has 0 aliphatic heterocycles. The fourth-order valence-corrected chi connectivity index (χ4v) is 2.02. The number of phenols is 1. The smallest absolute Gasteiger partial charge is 0.116 e. The molecule has 0 saturated heterocycles. The number of aromatic hydroxyl groups is 1. The Hall–Kier alpha value is -1.50. The van der Waals surface area contributed by atoms with E-state index in [1.165, 1.54) is 10.9 Å². The topological polar surface area (TPSA) is 20.2 Å². The average molecular weight is 228 g/mol. The van der Waals surface area contributed by atoms with Crippen molar-refractivity contribution in [1.29, 1.82) is 0 Å². The van der Waals surface area contributed by atoms with E-state index in [0.717, 1.165) is 5.39 Å². The summed E-state index contributed by atoms with van der Waals surface area (Å²) < 4.78 is 0. The highest BCUT2D eigenvalue weighted by molar-refractivity contribution is 5.84. The Kier molecular flexibility index (Phi) is 2.86. The van der Waals surface area contributed by atoms with Gasteiger partial charge in [-0.1, -0.05) is 52.0 Å². The fourth-order valence-electron chi connectivity index (χ4n) is 2.02. The van der Waals surface area contributed by atoms with Crippen LogP contribution in [0.1, 0.15) is 39.2 Å². The van der Waals surface area contributed by atoms with Crippen molar-refractivity contribution in [3.05, 3.63) is 42.0 Å². The Bertz CT molecular complexity index is 535. The van der Waals surface area contributed by atoms with Crippen molar-refractivity contribution in [2.75, 3.05) is 0 Å². The molecule has 0 amide bonds. The van der Waals surface area contributed by atoms with Crippen molar-refractivity contribution in [3.63, 3.8) is 0 Å². The lowest BCUT2D eigenvalue weighted by atomic mass is 9.77. The maximum atomic E-state index is 9.44. The predicted molar refractivity (Wildman–Crippen MR) is 73.5 cm³/mol. The number of fused-ring (bicyclic) bond motifs is 1. The molecule has 1 unspecified atom stereocenters. The van der Waals surface area contributed by atoms with Gasteiger partial charge in [0, 0.05) is 0 Å². The number of rotatable bonds is 1. The molecule has 0 aliphatic rings. The van der Waals surface area contributed by atoms with Gasteiger partial charge in [-0.2, -0.15) is 0 Å². The molecule has 2 aromatic rings. The Morgan fingerprint density at radius 1 is 0.941 bits per heavy atom. The van der Waals surface area contributed by atoms with Gasteiger partial charge in [0.15, 0.2) is 0 Å². The molecule has 2 aromatic carbocycles. The first-order valence-electron chi connectivity index (χ1n) is 6.10. The van der Waals surface area contributed by atoms with Gasteiger partial charge in [0.2, 0.25) is 0 Å². The van der Waals surface area contributed by atoms with Crippen molar-refractivity contribution in [2.24, 2.45) is 5.41 Å². The first-order chi connectivity index (χ1) is 7.88. The third-order valence-corrected chi connectivity index (χ3v) is 3.65. The van der Waals surface area contributed by atoms with Crippen LogP contribution in [0.5, 0.6) is 5.75 Å². The molecule has 17 heavy (non-hydrogen) atoms. The van der Waals surface area contributed by atoms with Gasteiger partial charge in [-0.05, 0) is 39.8 Å². The van der Waals surface area contributed by atoms with Crippen LogP contribution in [0, 0.1) is 5.41 Å². The van der Waals surface area contributed by atoms with Crippen molar-refractivity contribution in [1.82, 2.24) is 0 Å². The number of phenolic OH excluding ortho intramolecular Hbond substituents is 1. The van der Waals surface area contributed by atoms with Crippen LogP contribution in [0.2, 0.25) is 0 Å². The predicted octanol–water partition coefficient (Wildman–Crippen LogP) is 4.70. The third kappa shape index (κ3) is 2.44. The van der Waals surface area contributed by atoms with Gasteiger partial charge in [0.1, 0.15) is 5.75 Å². The van der Waals surface area contributed by atoms with Crippen molar-refractivity contribution >= 4 is 10.8 Å². The van der Waals surface area contributed by atoms with Crippen LogP contribution in [0.15, 0.2) is 36.4 Å². The van der Waals surface area contributed by atoms with Gasteiger partial charge >= 0.3 is 0 Å². The van der Waals surface area contributed by atoms with Crippen molar-refractivity contribution in [3.8, 4) is 5.75 Å². The van der Waals surface area contributed by atoms with Crippen LogP contribution in [0.4, 0.5) is 0 Å². The van der Waals surface area contributed by atoms with Crippen LogP contribution in [-0.4, -0.2) is 5.11 Å². The summed E-state index contributed by atoms with van der Waals surface area (Å²) in [5.74, 6) is 0.842. The zero-order valence-electron chi connectivity index (χ0n) is 11.0. The van der Waals surface area contributed by atoms with Gasteiger partial charge in [-0.3, -0.25) is 0 Å². The van der Waals surface area contributed by atoms with E-state index in [1.807, 2.05) is 6.07 Å². The summed E-state index contributed by atoms with van der Waals surface area (Å²) in [5.41, 5.74) is 1.63. The van der Waals surface area contributed by atoms with E-state index in [-0.39, 0.29) is 5.41 Å². The molecular weight excluding hydrogens is 208 g/mol. The normalized spacial score (nSPS) is 13.9. The summed E-state index contributed by atoms with van der Waals surface area (Å²) in [7, 11) is 0. The molecule has 1 atom stereocenters. The SMILES string of the molecule is CC(c1ccc2cc(O)ccc2c1)C(C)(C)C. The minimum atomic E-state index is 0.268. The summed E-state index contributed by atoms with van der Waals surface area (Å²) in [4.78, 5) is 0. The summed E-state index contributed by atoms with van der Waals surface area (Å²) in [6.45, 7) is 9.05. The number of benzene rings is 2. The minimum Gasteiger partial charge on any atom is -0.508 e. The molecule has 1 nitrogen and oxygen atoms in total. The van der Waals surface area contributed by atoms with Gasteiger partial charge in [0.05, 0.1) is 0 Å². The van der Waals surface area contributed by atoms with Crippen molar-refractivity contribution in [2.45, 2.75) is 33.6 Å². The van der Waals surface area contributed by atoms with Crippen LogP contribution in [0.25, 0.3) is 10.8 Å². The Labute approximate surface area is 103 Å². The molecule has 1 heteroatoms. The monoisotopic (exact) mass is 228 g/mol. The average Bonchev–Trinajstić information content (AvgIpc) is 2.26. The second-order valence-electron chi connectivity index (χ2n) is 5.88. The van der Waals surface area contributed by atoms with Gasteiger partial charge in [-0.25, -0.2) is 0 Å². The highest BCUT2D eigenvalue weighted by Crippen LogP contribution is 2.35. The second kappa shape index (κ2) is 4.06. The Balaban J connectivity index is 2.48. The largest absolute Gasteiger partial charge is 0.508 e. The third-order valence-electron chi connectivity index (χ3n) is 3.65. The molecule has 0 aliphatic carbocycles. The summed E-state index contributed by atoms with van der Waals surface area (Å²) in [6.07, 6.45) is 0. The lowest BCUT2D eigenvalue weighted by molar-refractivity contribution is 0.340. The molecule has 0 fully saturated rings. The quantitative estimate of drug-likeness (QED) is 0.750. The van der Waals surface area contributed by atoms with Crippen LogP contribution >= 0.6 is 0 Å². The van der Waals surface area contributed by atoms with Crippen LogP contribution < -0.4 is 0 Å². The van der Waals surface area contributed by atoms with Crippen LogP contribution in [-0.2, 0) is 0 Å². The Morgan fingerprint density at radius 2 is 1.53 bits per heavy atom. The summed E-state index contributed by atoms with van der Waals surface area (Å²) in [6, 6.07) is 12.0. The number of hydrogen-bond acceptors (Lipinski definition) is 1. The molecule has 2 rings (SSSR count). The van der Waals surface area contributed by atoms with E-state index in [9.17, 15) is 5.11 Å². The van der Waals surface area contributed by atoms with Gasteiger partial charge in [-0.15, -0.1) is 0 Å². The molecule has 0 heterocycles. The number of hydrogen-bond donors (Lipinski definition) is 1. The van der Waals surface area contributed by atoms with E-state index < -0.39 is 0 Å².